The molecule has 9 nitrogen and oxygen atoms in total. The van der Waals surface area contributed by atoms with Crippen LogP contribution in [0.25, 0.3) is 27.8 Å². The summed E-state index contributed by atoms with van der Waals surface area (Å²) in [6, 6.07) is 3.66. The summed E-state index contributed by atoms with van der Waals surface area (Å²) >= 11 is 0. The van der Waals surface area contributed by atoms with Gasteiger partial charge in [0.25, 0.3) is 12.3 Å². The Morgan fingerprint density at radius 3 is 2.90 bits per heavy atom. The summed E-state index contributed by atoms with van der Waals surface area (Å²) in [5.41, 5.74) is 2.98. The topological polar surface area (TPSA) is 109 Å². The number of carbonyl (C=O) groups is 1. The van der Waals surface area contributed by atoms with Gasteiger partial charge in [-0.2, -0.15) is 4.98 Å². The third-order valence-electron chi connectivity index (χ3n) is 4.69. The average Bonchev–Trinajstić information content (AvgIpc) is 3.35. The molecule has 3 N–H and O–H groups in total. The summed E-state index contributed by atoms with van der Waals surface area (Å²) in [5, 5.41) is 6.17. The predicted molar refractivity (Wildman–Crippen MR) is 111 cm³/mol. The summed E-state index contributed by atoms with van der Waals surface area (Å²) in [5.74, 6) is -0.137. The highest BCUT2D eigenvalue weighted by Gasteiger charge is 2.16. The molecule has 0 aliphatic heterocycles. The maximum Gasteiger partial charge on any atom is 0.270 e. The molecule has 11 heteroatoms. The molecule has 1 amide bonds. The quantitative estimate of drug-likeness (QED) is 0.397. The van der Waals surface area contributed by atoms with E-state index in [-0.39, 0.29) is 11.7 Å². The molecule has 0 aromatic carbocycles. The number of nitrogens with zero attached hydrogens (tertiary/aromatic N) is 4. The van der Waals surface area contributed by atoms with Crippen molar-refractivity contribution in [3.8, 4) is 11.1 Å². The van der Waals surface area contributed by atoms with Gasteiger partial charge < -0.3 is 20.4 Å². The Morgan fingerprint density at radius 1 is 1.29 bits per heavy atom. The molecule has 0 bridgehead atoms. The highest BCUT2D eigenvalue weighted by Crippen LogP contribution is 2.28. The van der Waals surface area contributed by atoms with Gasteiger partial charge in [-0.05, 0) is 19.1 Å². The number of ether oxygens (including phenoxy) is 1. The second kappa shape index (κ2) is 8.64. The van der Waals surface area contributed by atoms with Gasteiger partial charge in [-0.3, -0.25) is 9.20 Å². The van der Waals surface area contributed by atoms with Gasteiger partial charge in [-0.25, -0.2) is 18.7 Å². The number of methoxy groups -OCH3 is 1. The fourth-order valence-electron chi connectivity index (χ4n) is 3.30. The zero-order valence-electron chi connectivity index (χ0n) is 16.9. The minimum Gasteiger partial charge on any atom is -0.383 e. The molecule has 0 fully saturated rings. The number of aromatic amines is 1. The SMILES string of the molecule is COC[C@H](C)Nc1ncc2c(-c3ccc4ncc(C(=O)NCC(F)F)n4c3)c[nH]c2n1. The van der Waals surface area contributed by atoms with E-state index in [2.05, 4.69) is 30.6 Å². The van der Waals surface area contributed by atoms with Crippen molar-refractivity contribution in [1.82, 2.24) is 29.7 Å². The molecule has 4 aromatic heterocycles. The first kappa shape index (κ1) is 20.7. The van der Waals surface area contributed by atoms with Crippen molar-refractivity contribution in [2.75, 3.05) is 25.6 Å². The maximum atomic E-state index is 12.4. The Labute approximate surface area is 175 Å². The number of rotatable bonds is 8. The van der Waals surface area contributed by atoms with Crippen LogP contribution in [-0.4, -0.2) is 63.0 Å². The highest BCUT2D eigenvalue weighted by molar-refractivity contribution is 5.95. The molecule has 0 unspecified atom stereocenters. The van der Waals surface area contributed by atoms with Crippen LogP contribution in [-0.2, 0) is 4.74 Å². The van der Waals surface area contributed by atoms with Crippen molar-refractivity contribution in [3.63, 3.8) is 0 Å². The Hall–Kier alpha value is -3.60. The number of pyridine rings is 1. The number of nitrogens with one attached hydrogen (secondary N) is 3. The van der Waals surface area contributed by atoms with E-state index in [4.69, 9.17) is 4.74 Å². The van der Waals surface area contributed by atoms with E-state index in [1.54, 1.807) is 36.2 Å². The van der Waals surface area contributed by atoms with Crippen LogP contribution in [0.4, 0.5) is 14.7 Å². The lowest BCUT2D eigenvalue weighted by Gasteiger charge is -2.12. The van der Waals surface area contributed by atoms with E-state index >= 15 is 0 Å². The molecule has 4 aromatic rings. The van der Waals surface area contributed by atoms with Crippen LogP contribution in [0.5, 0.6) is 0 Å². The first-order valence-electron chi connectivity index (χ1n) is 9.59. The molecular weight excluding hydrogens is 408 g/mol. The lowest BCUT2D eigenvalue weighted by molar-refractivity contribution is 0.0886. The Balaban J connectivity index is 1.65. The first-order chi connectivity index (χ1) is 15.0. The second-order valence-corrected chi connectivity index (χ2v) is 7.05. The van der Waals surface area contributed by atoms with E-state index in [0.717, 1.165) is 16.5 Å². The molecular formula is C20H21F2N7O2. The van der Waals surface area contributed by atoms with Crippen molar-refractivity contribution in [3.05, 3.63) is 42.6 Å². The molecule has 0 saturated carbocycles. The minimum absolute atomic E-state index is 0.0511. The van der Waals surface area contributed by atoms with E-state index in [1.807, 2.05) is 13.0 Å². The summed E-state index contributed by atoms with van der Waals surface area (Å²) < 4.78 is 31.5. The van der Waals surface area contributed by atoms with Crippen LogP contribution in [0.3, 0.4) is 0 Å². The molecule has 0 spiro atoms. The van der Waals surface area contributed by atoms with Gasteiger partial charge >= 0.3 is 0 Å². The molecule has 0 aliphatic carbocycles. The van der Waals surface area contributed by atoms with Crippen molar-refractivity contribution < 1.29 is 18.3 Å². The number of hydrogen-bond acceptors (Lipinski definition) is 6. The average molecular weight is 429 g/mol. The van der Waals surface area contributed by atoms with Gasteiger partial charge in [0.1, 0.15) is 17.0 Å². The maximum absolute atomic E-state index is 12.4. The Kier molecular flexibility index (Phi) is 5.76. The van der Waals surface area contributed by atoms with E-state index in [9.17, 15) is 13.6 Å². The number of carbonyl (C=O) groups excluding carboxylic acids is 1. The van der Waals surface area contributed by atoms with Gasteiger partial charge in [0.05, 0.1) is 19.3 Å². The van der Waals surface area contributed by atoms with E-state index in [1.165, 1.54) is 6.20 Å². The molecule has 162 valence electrons. The smallest absolute Gasteiger partial charge is 0.270 e. The molecule has 0 radical (unpaired) electrons. The zero-order valence-corrected chi connectivity index (χ0v) is 16.9. The van der Waals surface area contributed by atoms with Crippen molar-refractivity contribution >= 4 is 28.5 Å². The van der Waals surface area contributed by atoms with Gasteiger partial charge in [0.2, 0.25) is 5.95 Å². The number of imidazole rings is 1. The van der Waals surface area contributed by atoms with Gasteiger partial charge in [0.15, 0.2) is 0 Å². The Bertz CT molecular complexity index is 1220. The third kappa shape index (κ3) is 4.31. The van der Waals surface area contributed by atoms with Crippen LogP contribution in [0.15, 0.2) is 36.9 Å². The number of fused-ring (bicyclic) bond motifs is 2. The second-order valence-electron chi connectivity index (χ2n) is 7.05. The molecule has 4 heterocycles. The normalized spacial score (nSPS) is 12.5. The monoisotopic (exact) mass is 429 g/mol. The Morgan fingerprint density at radius 2 is 2.13 bits per heavy atom. The van der Waals surface area contributed by atoms with Crippen molar-refractivity contribution in [1.29, 1.82) is 0 Å². The summed E-state index contributed by atoms with van der Waals surface area (Å²) in [4.78, 5) is 28.4. The molecule has 0 saturated heterocycles. The lowest BCUT2D eigenvalue weighted by Crippen LogP contribution is -2.29. The van der Waals surface area contributed by atoms with Crippen molar-refractivity contribution in [2.24, 2.45) is 0 Å². The highest BCUT2D eigenvalue weighted by atomic mass is 19.3. The fourth-order valence-corrected chi connectivity index (χ4v) is 3.30. The first-order valence-corrected chi connectivity index (χ1v) is 9.59. The number of amides is 1. The van der Waals surface area contributed by atoms with Gasteiger partial charge in [-0.15, -0.1) is 0 Å². The van der Waals surface area contributed by atoms with Crippen LogP contribution in [0.2, 0.25) is 0 Å². The standard InChI is InChI=1S/C20H21F2N7O2/c1-11(10-31-2)27-20-26-6-14-13(5-24-18(14)28-20)12-3-4-17-23-7-15(29(17)9-12)19(30)25-8-16(21)22/h3-7,9,11,16H,8,10H2,1-2H3,(H,25,30)(H2,24,26,27,28)/t11-/m0/s1. The third-order valence-corrected chi connectivity index (χ3v) is 4.69. The molecule has 0 aliphatic rings. The molecule has 1 atom stereocenters. The fraction of sp³-hybridized carbons (Fsp3) is 0.300. The van der Waals surface area contributed by atoms with Gasteiger partial charge in [-0.1, -0.05) is 0 Å². The number of alkyl halides is 2. The molecule has 4 rings (SSSR count). The number of aromatic nitrogens is 5. The molecule has 31 heavy (non-hydrogen) atoms. The number of H-pyrrole nitrogens is 1. The van der Waals surface area contributed by atoms with Crippen LogP contribution in [0, 0.1) is 0 Å². The van der Waals surface area contributed by atoms with E-state index in [0.29, 0.717) is 23.8 Å². The van der Waals surface area contributed by atoms with E-state index < -0.39 is 18.9 Å². The number of anilines is 1. The van der Waals surface area contributed by atoms with Crippen LogP contribution >= 0.6 is 0 Å². The van der Waals surface area contributed by atoms with Crippen LogP contribution in [0.1, 0.15) is 17.4 Å². The van der Waals surface area contributed by atoms with Crippen molar-refractivity contribution in [2.45, 2.75) is 19.4 Å². The zero-order chi connectivity index (χ0) is 22.0. The number of hydrogen-bond donors (Lipinski definition) is 3. The number of halogens is 2. The lowest BCUT2D eigenvalue weighted by atomic mass is 10.1. The predicted octanol–water partition coefficient (Wildman–Crippen LogP) is 2.71. The largest absolute Gasteiger partial charge is 0.383 e. The summed E-state index contributed by atoms with van der Waals surface area (Å²) in [6.45, 7) is 1.77. The summed E-state index contributed by atoms with van der Waals surface area (Å²) in [6.07, 6.45) is 3.98. The van der Waals surface area contributed by atoms with Crippen LogP contribution < -0.4 is 10.6 Å². The summed E-state index contributed by atoms with van der Waals surface area (Å²) in [7, 11) is 1.63. The van der Waals surface area contributed by atoms with Gasteiger partial charge in [0, 0.05) is 48.3 Å². The minimum atomic E-state index is -2.62.